The van der Waals surface area contributed by atoms with E-state index in [-0.39, 0.29) is 12.4 Å². The van der Waals surface area contributed by atoms with Gasteiger partial charge in [-0.1, -0.05) is 12.1 Å². The van der Waals surface area contributed by atoms with E-state index >= 15 is 0 Å². The molecule has 2 aromatic rings. The van der Waals surface area contributed by atoms with Crippen LogP contribution in [-0.2, 0) is 0 Å². The molecule has 0 aliphatic rings. The maximum absolute atomic E-state index is 13.0. The molecule has 4 heteroatoms. The van der Waals surface area contributed by atoms with Crippen LogP contribution in [0.15, 0.2) is 42.5 Å². The van der Waals surface area contributed by atoms with Gasteiger partial charge in [0.1, 0.15) is 17.3 Å². The molecule has 0 saturated carbocycles. The van der Waals surface area contributed by atoms with Crippen LogP contribution in [0.4, 0.5) is 4.39 Å². The Morgan fingerprint density at radius 3 is 2.70 bits per heavy atom. The van der Waals surface area contributed by atoms with Gasteiger partial charge in [0.25, 0.3) is 0 Å². The largest absolute Gasteiger partial charge is 0.496 e. The van der Waals surface area contributed by atoms with Gasteiger partial charge >= 0.3 is 0 Å². The van der Waals surface area contributed by atoms with Crippen LogP contribution in [0.5, 0.6) is 11.5 Å². The number of methoxy groups -OCH3 is 1. The number of carbonyl (C=O) groups is 1. The van der Waals surface area contributed by atoms with Crippen LogP contribution >= 0.6 is 0 Å². The summed E-state index contributed by atoms with van der Waals surface area (Å²) in [6.07, 6.45) is 0. The summed E-state index contributed by atoms with van der Waals surface area (Å²) in [5.41, 5.74) is 1.46. The van der Waals surface area contributed by atoms with E-state index < -0.39 is 5.82 Å². The summed E-state index contributed by atoms with van der Waals surface area (Å²) in [7, 11) is 1.51. The van der Waals surface area contributed by atoms with Crippen LogP contribution in [0, 0.1) is 12.7 Å². The van der Waals surface area contributed by atoms with Gasteiger partial charge in [-0.05, 0) is 36.8 Å². The summed E-state index contributed by atoms with van der Waals surface area (Å²) in [5, 5.41) is 0. The zero-order chi connectivity index (χ0) is 14.5. The number of ether oxygens (including phenoxy) is 2. The number of hydrogen-bond acceptors (Lipinski definition) is 3. The van der Waals surface area contributed by atoms with E-state index in [0.717, 1.165) is 5.56 Å². The number of rotatable bonds is 5. The first-order valence-electron chi connectivity index (χ1n) is 6.16. The van der Waals surface area contributed by atoms with Crippen LogP contribution in [0.2, 0.25) is 0 Å². The first kappa shape index (κ1) is 14.1. The SMILES string of the molecule is COc1cc(C)ccc1C(=O)COc1cccc(F)c1. The van der Waals surface area contributed by atoms with E-state index in [1.807, 2.05) is 13.0 Å². The zero-order valence-corrected chi connectivity index (χ0v) is 11.4. The average molecular weight is 274 g/mol. The van der Waals surface area contributed by atoms with Gasteiger partial charge in [-0.15, -0.1) is 0 Å². The molecule has 0 fully saturated rings. The van der Waals surface area contributed by atoms with Crippen molar-refractivity contribution in [1.29, 1.82) is 0 Å². The van der Waals surface area contributed by atoms with Crippen LogP contribution in [0.25, 0.3) is 0 Å². The average Bonchev–Trinajstić information content (AvgIpc) is 2.44. The van der Waals surface area contributed by atoms with Crippen molar-refractivity contribution in [3.05, 3.63) is 59.4 Å². The fourth-order valence-corrected chi connectivity index (χ4v) is 1.81. The van der Waals surface area contributed by atoms with Gasteiger partial charge in [0.2, 0.25) is 5.78 Å². The molecule has 0 heterocycles. The van der Waals surface area contributed by atoms with Gasteiger partial charge in [-0.25, -0.2) is 4.39 Å². The number of aryl methyl sites for hydroxylation is 1. The topological polar surface area (TPSA) is 35.5 Å². The van der Waals surface area contributed by atoms with Gasteiger partial charge in [0.15, 0.2) is 6.61 Å². The van der Waals surface area contributed by atoms with Crippen LogP contribution in [0.3, 0.4) is 0 Å². The fraction of sp³-hybridized carbons (Fsp3) is 0.188. The van der Waals surface area contributed by atoms with E-state index in [2.05, 4.69) is 0 Å². The molecule has 0 atom stereocenters. The van der Waals surface area contributed by atoms with Crippen LogP contribution in [0.1, 0.15) is 15.9 Å². The summed E-state index contributed by atoms with van der Waals surface area (Å²) in [6, 6.07) is 11.0. The van der Waals surface area contributed by atoms with Crippen molar-refractivity contribution in [1.82, 2.24) is 0 Å². The van der Waals surface area contributed by atoms with Gasteiger partial charge in [0, 0.05) is 6.07 Å². The molecule has 104 valence electrons. The number of halogens is 1. The highest BCUT2D eigenvalue weighted by Crippen LogP contribution is 2.21. The Morgan fingerprint density at radius 2 is 2.00 bits per heavy atom. The Morgan fingerprint density at radius 1 is 1.20 bits per heavy atom. The van der Waals surface area contributed by atoms with Crippen molar-refractivity contribution in [2.75, 3.05) is 13.7 Å². The molecule has 0 aliphatic heterocycles. The second-order valence-electron chi connectivity index (χ2n) is 4.37. The Hall–Kier alpha value is -2.36. The molecule has 0 spiro atoms. The molecule has 0 saturated heterocycles. The van der Waals surface area contributed by atoms with E-state index in [1.54, 1.807) is 18.2 Å². The lowest BCUT2D eigenvalue weighted by molar-refractivity contribution is 0.0918. The molecule has 0 N–H and O–H groups in total. The lowest BCUT2D eigenvalue weighted by atomic mass is 10.1. The van der Waals surface area contributed by atoms with Crippen molar-refractivity contribution in [3.63, 3.8) is 0 Å². The molecular weight excluding hydrogens is 259 g/mol. The minimum atomic E-state index is -0.400. The number of Topliss-reactive ketones (excluding diaryl/α,β-unsaturated/α-hetero) is 1. The van der Waals surface area contributed by atoms with E-state index in [9.17, 15) is 9.18 Å². The molecule has 2 aromatic carbocycles. The summed E-state index contributed by atoms with van der Waals surface area (Å²) >= 11 is 0. The predicted molar refractivity (Wildman–Crippen MR) is 74.0 cm³/mol. The Balaban J connectivity index is 2.09. The summed E-state index contributed by atoms with van der Waals surface area (Å²) in [5.74, 6) is 0.219. The minimum Gasteiger partial charge on any atom is -0.496 e. The highest BCUT2D eigenvalue weighted by atomic mass is 19.1. The van der Waals surface area contributed by atoms with Crippen molar-refractivity contribution < 1.29 is 18.7 Å². The molecule has 0 aliphatic carbocycles. The van der Waals surface area contributed by atoms with Crippen molar-refractivity contribution in [3.8, 4) is 11.5 Å². The smallest absolute Gasteiger partial charge is 0.203 e. The normalized spacial score (nSPS) is 10.2. The standard InChI is InChI=1S/C16H15FO3/c1-11-6-7-14(16(8-11)19-2)15(18)10-20-13-5-3-4-12(17)9-13/h3-9H,10H2,1-2H3. The third-order valence-corrected chi connectivity index (χ3v) is 2.82. The molecule has 0 radical (unpaired) electrons. The summed E-state index contributed by atoms with van der Waals surface area (Å²) < 4.78 is 23.5. The maximum Gasteiger partial charge on any atom is 0.203 e. The van der Waals surface area contributed by atoms with E-state index in [4.69, 9.17) is 9.47 Å². The lowest BCUT2D eigenvalue weighted by Crippen LogP contribution is -2.13. The molecule has 20 heavy (non-hydrogen) atoms. The summed E-state index contributed by atoms with van der Waals surface area (Å²) in [4.78, 5) is 12.1. The van der Waals surface area contributed by atoms with E-state index in [1.165, 1.54) is 25.3 Å². The highest BCUT2D eigenvalue weighted by molar-refractivity contribution is 5.99. The third kappa shape index (κ3) is 3.35. The zero-order valence-electron chi connectivity index (χ0n) is 11.4. The summed E-state index contributed by atoms with van der Waals surface area (Å²) in [6.45, 7) is 1.75. The fourth-order valence-electron chi connectivity index (χ4n) is 1.81. The molecule has 0 amide bonds. The number of carbonyl (C=O) groups excluding carboxylic acids is 1. The third-order valence-electron chi connectivity index (χ3n) is 2.82. The van der Waals surface area contributed by atoms with Crippen molar-refractivity contribution in [2.45, 2.75) is 6.92 Å². The molecule has 0 aromatic heterocycles. The van der Waals surface area contributed by atoms with Gasteiger partial charge in [0.05, 0.1) is 12.7 Å². The quantitative estimate of drug-likeness (QED) is 0.784. The molecule has 0 unspecified atom stereocenters. The first-order valence-corrected chi connectivity index (χ1v) is 6.16. The number of benzene rings is 2. The Kier molecular flexibility index (Phi) is 4.35. The number of hydrogen-bond donors (Lipinski definition) is 0. The minimum absolute atomic E-state index is 0.164. The monoisotopic (exact) mass is 274 g/mol. The van der Waals surface area contributed by atoms with Crippen molar-refractivity contribution in [2.24, 2.45) is 0 Å². The van der Waals surface area contributed by atoms with Gasteiger partial charge in [-0.3, -0.25) is 4.79 Å². The highest BCUT2D eigenvalue weighted by Gasteiger charge is 2.13. The second kappa shape index (κ2) is 6.19. The van der Waals surface area contributed by atoms with E-state index in [0.29, 0.717) is 17.1 Å². The Bertz CT molecular complexity index is 623. The Labute approximate surface area is 117 Å². The first-order chi connectivity index (χ1) is 9.60. The maximum atomic E-state index is 13.0. The molecule has 3 nitrogen and oxygen atoms in total. The number of ketones is 1. The van der Waals surface area contributed by atoms with Gasteiger partial charge < -0.3 is 9.47 Å². The van der Waals surface area contributed by atoms with Crippen LogP contribution in [-0.4, -0.2) is 19.5 Å². The predicted octanol–water partition coefficient (Wildman–Crippen LogP) is 3.40. The van der Waals surface area contributed by atoms with Crippen molar-refractivity contribution >= 4 is 5.78 Å². The molecule has 2 rings (SSSR count). The van der Waals surface area contributed by atoms with Crippen LogP contribution < -0.4 is 9.47 Å². The second-order valence-corrected chi connectivity index (χ2v) is 4.37. The molecule has 0 bridgehead atoms. The van der Waals surface area contributed by atoms with Gasteiger partial charge in [-0.2, -0.15) is 0 Å². The lowest BCUT2D eigenvalue weighted by Gasteiger charge is -2.09. The molecular formula is C16H15FO3.